The zero-order valence-electron chi connectivity index (χ0n) is 17.0. The van der Waals surface area contributed by atoms with E-state index in [-0.39, 0.29) is 11.4 Å². The van der Waals surface area contributed by atoms with Crippen LogP contribution in [0.5, 0.6) is 5.75 Å². The first-order valence-electron chi connectivity index (χ1n) is 9.84. The fourth-order valence-corrected chi connectivity index (χ4v) is 4.40. The SMILES string of the molecule is CCC=CCc1oc(Cc2ccccc2)cc1OC(=O)C1(C=C(Br)Br)CC1(C)C. The first-order chi connectivity index (χ1) is 13.8. The highest BCUT2D eigenvalue weighted by Gasteiger charge is 2.66. The average Bonchev–Trinajstić information content (AvgIpc) is 3.01. The molecule has 1 aliphatic rings. The molecule has 1 aromatic carbocycles. The first kappa shape index (κ1) is 22.1. The first-order valence-corrected chi connectivity index (χ1v) is 11.4. The minimum Gasteiger partial charge on any atom is -0.461 e. The summed E-state index contributed by atoms with van der Waals surface area (Å²) in [4.78, 5) is 13.1. The highest BCUT2D eigenvalue weighted by atomic mass is 79.9. The minimum absolute atomic E-state index is 0.143. The van der Waals surface area contributed by atoms with Crippen molar-refractivity contribution in [1.82, 2.24) is 0 Å². The fourth-order valence-electron chi connectivity index (χ4n) is 3.62. The van der Waals surface area contributed by atoms with Gasteiger partial charge in [0.15, 0.2) is 11.5 Å². The van der Waals surface area contributed by atoms with Gasteiger partial charge in [0.1, 0.15) is 5.76 Å². The minimum atomic E-state index is -0.636. The zero-order valence-corrected chi connectivity index (χ0v) is 20.2. The zero-order chi connectivity index (χ0) is 21.1. The van der Waals surface area contributed by atoms with Crippen molar-refractivity contribution in [1.29, 1.82) is 0 Å². The second kappa shape index (κ2) is 9.05. The summed E-state index contributed by atoms with van der Waals surface area (Å²) >= 11 is 6.79. The lowest BCUT2D eigenvalue weighted by atomic mass is 9.96. The van der Waals surface area contributed by atoms with Gasteiger partial charge in [-0.3, -0.25) is 4.79 Å². The van der Waals surface area contributed by atoms with Crippen LogP contribution in [0.25, 0.3) is 0 Å². The number of benzene rings is 1. The maximum absolute atomic E-state index is 13.1. The Labute approximate surface area is 189 Å². The lowest BCUT2D eigenvalue weighted by Crippen LogP contribution is -2.25. The predicted molar refractivity (Wildman–Crippen MR) is 123 cm³/mol. The molecule has 3 rings (SSSR count). The van der Waals surface area contributed by atoms with Gasteiger partial charge in [0.2, 0.25) is 0 Å². The van der Waals surface area contributed by atoms with Crippen molar-refractivity contribution in [2.75, 3.05) is 0 Å². The number of carbonyl (C=O) groups excluding carboxylic acids is 1. The summed E-state index contributed by atoms with van der Waals surface area (Å²) in [6, 6.07) is 12.0. The van der Waals surface area contributed by atoms with Gasteiger partial charge in [0.25, 0.3) is 0 Å². The number of halogens is 2. The Morgan fingerprint density at radius 2 is 1.90 bits per heavy atom. The molecule has 154 valence electrons. The molecule has 1 aromatic heterocycles. The summed E-state index contributed by atoms with van der Waals surface area (Å²) in [5, 5.41) is 0. The molecule has 1 saturated carbocycles. The number of rotatable bonds is 8. The van der Waals surface area contributed by atoms with Gasteiger partial charge in [0.05, 0.1) is 8.81 Å². The summed E-state index contributed by atoms with van der Waals surface area (Å²) < 4.78 is 12.7. The molecule has 29 heavy (non-hydrogen) atoms. The van der Waals surface area contributed by atoms with Crippen molar-refractivity contribution in [3.05, 3.63) is 75.1 Å². The highest BCUT2D eigenvalue weighted by Crippen LogP contribution is 2.65. The Kier molecular flexibility index (Phi) is 6.90. The molecule has 3 nitrogen and oxygen atoms in total. The number of furan rings is 1. The number of hydrogen-bond acceptors (Lipinski definition) is 3. The average molecular weight is 522 g/mol. The van der Waals surface area contributed by atoms with Crippen molar-refractivity contribution in [3.63, 3.8) is 0 Å². The number of carbonyl (C=O) groups is 1. The van der Waals surface area contributed by atoms with Crippen LogP contribution in [0, 0.1) is 10.8 Å². The van der Waals surface area contributed by atoms with E-state index < -0.39 is 5.41 Å². The number of ether oxygens (including phenoxy) is 1. The summed E-state index contributed by atoms with van der Waals surface area (Å²) in [5.74, 6) is 1.75. The fraction of sp³-hybridized carbons (Fsp3) is 0.375. The third-order valence-electron chi connectivity index (χ3n) is 5.47. The van der Waals surface area contributed by atoms with Crippen LogP contribution >= 0.6 is 31.9 Å². The quantitative estimate of drug-likeness (QED) is 0.269. The van der Waals surface area contributed by atoms with Gasteiger partial charge in [-0.2, -0.15) is 0 Å². The molecule has 0 spiro atoms. The van der Waals surface area contributed by atoms with Crippen LogP contribution in [0.1, 0.15) is 50.7 Å². The number of esters is 1. The Morgan fingerprint density at radius 1 is 1.21 bits per heavy atom. The highest BCUT2D eigenvalue weighted by molar-refractivity contribution is 9.28. The van der Waals surface area contributed by atoms with Crippen LogP contribution in [0.15, 0.2) is 62.4 Å². The third-order valence-corrected chi connectivity index (χ3v) is 5.93. The normalized spacial score (nSPS) is 19.9. The molecule has 1 atom stereocenters. The van der Waals surface area contributed by atoms with E-state index in [1.807, 2.05) is 36.4 Å². The molecule has 0 radical (unpaired) electrons. The maximum Gasteiger partial charge on any atom is 0.322 e. The van der Waals surface area contributed by atoms with E-state index in [1.165, 1.54) is 0 Å². The van der Waals surface area contributed by atoms with Crippen LogP contribution < -0.4 is 4.74 Å². The van der Waals surface area contributed by atoms with E-state index in [4.69, 9.17) is 9.15 Å². The van der Waals surface area contributed by atoms with Crippen LogP contribution in [0.2, 0.25) is 0 Å². The number of hydrogen-bond donors (Lipinski definition) is 0. The molecule has 1 heterocycles. The molecule has 1 unspecified atom stereocenters. The van der Waals surface area contributed by atoms with Gasteiger partial charge in [0, 0.05) is 18.9 Å². The van der Waals surface area contributed by atoms with Gasteiger partial charge < -0.3 is 9.15 Å². The molecule has 0 saturated heterocycles. The van der Waals surface area contributed by atoms with Crippen molar-refractivity contribution in [2.45, 2.75) is 46.5 Å². The molecular weight excluding hydrogens is 496 g/mol. The molecule has 1 fully saturated rings. The smallest absolute Gasteiger partial charge is 0.322 e. The van der Waals surface area contributed by atoms with E-state index in [1.54, 1.807) is 0 Å². The summed E-state index contributed by atoms with van der Waals surface area (Å²) in [6.45, 7) is 6.24. The molecule has 1 aliphatic carbocycles. The van der Waals surface area contributed by atoms with E-state index in [9.17, 15) is 4.79 Å². The second-order valence-electron chi connectivity index (χ2n) is 8.10. The van der Waals surface area contributed by atoms with Gasteiger partial charge in [-0.05, 0) is 61.8 Å². The molecule has 0 aliphatic heterocycles. The van der Waals surface area contributed by atoms with Crippen molar-refractivity contribution in [3.8, 4) is 5.75 Å². The van der Waals surface area contributed by atoms with Crippen LogP contribution in [0.4, 0.5) is 0 Å². The molecule has 0 N–H and O–H groups in total. The van der Waals surface area contributed by atoms with Crippen LogP contribution in [0.3, 0.4) is 0 Å². The van der Waals surface area contributed by atoms with E-state index >= 15 is 0 Å². The molecule has 2 aromatic rings. The van der Waals surface area contributed by atoms with Crippen LogP contribution in [-0.4, -0.2) is 5.97 Å². The van der Waals surface area contributed by atoms with Crippen molar-refractivity contribution >= 4 is 37.8 Å². The summed E-state index contributed by atoms with van der Waals surface area (Å²) in [6.07, 6.45) is 8.99. The Balaban J connectivity index is 1.85. The monoisotopic (exact) mass is 520 g/mol. The Hall–Kier alpha value is -1.59. The van der Waals surface area contributed by atoms with Gasteiger partial charge >= 0.3 is 5.97 Å². The molecule has 0 amide bonds. The van der Waals surface area contributed by atoms with E-state index in [0.717, 1.165) is 27.6 Å². The lowest BCUT2D eigenvalue weighted by molar-refractivity contribution is -0.139. The second-order valence-corrected chi connectivity index (χ2v) is 10.9. The van der Waals surface area contributed by atoms with Gasteiger partial charge in [-0.1, -0.05) is 63.3 Å². The third kappa shape index (κ3) is 5.13. The predicted octanol–water partition coefficient (Wildman–Crippen LogP) is 7.33. The summed E-state index contributed by atoms with van der Waals surface area (Å²) in [5.41, 5.74) is 0.374. The largest absolute Gasteiger partial charge is 0.461 e. The van der Waals surface area contributed by atoms with Gasteiger partial charge in [-0.15, -0.1) is 0 Å². The van der Waals surface area contributed by atoms with Crippen molar-refractivity contribution in [2.24, 2.45) is 10.8 Å². The Bertz CT molecular complexity index is 921. The molecule has 5 heteroatoms. The molecular formula is C24H26Br2O3. The Morgan fingerprint density at radius 3 is 2.48 bits per heavy atom. The summed E-state index contributed by atoms with van der Waals surface area (Å²) in [7, 11) is 0. The van der Waals surface area contributed by atoms with Crippen molar-refractivity contribution < 1.29 is 13.9 Å². The maximum atomic E-state index is 13.1. The van der Waals surface area contributed by atoms with Gasteiger partial charge in [-0.25, -0.2) is 0 Å². The van der Waals surface area contributed by atoms with E-state index in [2.05, 4.69) is 70.8 Å². The van der Waals surface area contributed by atoms with E-state index in [0.29, 0.717) is 24.4 Å². The molecule has 0 bridgehead atoms. The number of allylic oxidation sites excluding steroid dienone is 2. The lowest BCUT2D eigenvalue weighted by Gasteiger charge is -2.15. The topological polar surface area (TPSA) is 39.4 Å². The van der Waals surface area contributed by atoms with Crippen LogP contribution in [-0.2, 0) is 17.6 Å². The standard InChI is InChI=1S/C24H26Br2O3/c1-4-5-7-12-19-20(14-18(28-19)13-17-10-8-6-9-11-17)29-22(27)24(15-21(25)26)16-23(24,2)3/h5-11,14-15H,4,12-13,16H2,1-3H3.